The summed E-state index contributed by atoms with van der Waals surface area (Å²) in [5.74, 6) is 1.53. The van der Waals surface area contributed by atoms with Crippen molar-refractivity contribution in [2.24, 2.45) is 0 Å². The van der Waals surface area contributed by atoms with Gasteiger partial charge in [0.25, 0.3) is 0 Å². The Bertz CT molecular complexity index is 653. The van der Waals surface area contributed by atoms with E-state index < -0.39 is 0 Å². The lowest BCUT2D eigenvalue weighted by molar-refractivity contribution is 0.278. The van der Waals surface area contributed by atoms with Gasteiger partial charge in [0.1, 0.15) is 6.61 Å². The molecule has 1 N–H and O–H groups in total. The average Bonchev–Trinajstić information content (AvgIpc) is 2.59. The van der Waals surface area contributed by atoms with E-state index in [0.29, 0.717) is 6.61 Å². The molecule has 4 heteroatoms. The second-order valence-corrected chi connectivity index (χ2v) is 6.89. The Kier molecular flexibility index (Phi) is 6.52. The maximum atomic E-state index is 6.08. The summed E-state index contributed by atoms with van der Waals surface area (Å²) in [5.41, 5.74) is 2.24. The Balaban J connectivity index is 2.15. The molecule has 0 aromatic heterocycles. The smallest absolute Gasteiger partial charge is 0.166 e. The summed E-state index contributed by atoms with van der Waals surface area (Å²) in [6, 6.07) is 13.7. The first-order valence-electron chi connectivity index (χ1n) is 8.23. The molecule has 24 heavy (non-hydrogen) atoms. The van der Waals surface area contributed by atoms with E-state index in [-0.39, 0.29) is 5.54 Å². The monoisotopic (exact) mass is 347 g/mol. The molecule has 0 heterocycles. The van der Waals surface area contributed by atoms with Gasteiger partial charge >= 0.3 is 0 Å². The standard InChI is InChI=1S/C20H26ClNO2/c1-5-20(2,3)22-13-16-7-6-8-18(23-4)19(16)24-14-15-9-11-17(21)12-10-15/h6-12,22H,5,13-14H2,1-4H3. The van der Waals surface area contributed by atoms with E-state index in [0.717, 1.165) is 40.6 Å². The fourth-order valence-corrected chi connectivity index (χ4v) is 2.35. The topological polar surface area (TPSA) is 30.5 Å². The van der Waals surface area contributed by atoms with E-state index in [1.54, 1.807) is 7.11 Å². The number of hydrogen-bond acceptors (Lipinski definition) is 3. The molecule has 2 aromatic rings. The highest BCUT2D eigenvalue weighted by Gasteiger charge is 2.16. The zero-order chi connectivity index (χ0) is 17.6. The van der Waals surface area contributed by atoms with Crippen LogP contribution in [0.25, 0.3) is 0 Å². The van der Waals surface area contributed by atoms with Crippen LogP contribution in [0.4, 0.5) is 0 Å². The summed E-state index contributed by atoms with van der Waals surface area (Å²) >= 11 is 5.93. The third kappa shape index (κ3) is 5.15. The van der Waals surface area contributed by atoms with Crippen molar-refractivity contribution in [3.63, 3.8) is 0 Å². The van der Waals surface area contributed by atoms with E-state index in [4.69, 9.17) is 21.1 Å². The van der Waals surface area contributed by atoms with Crippen LogP contribution in [-0.4, -0.2) is 12.6 Å². The average molecular weight is 348 g/mol. The number of ether oxygens (including phenoxy) is 2. The van der Waals surface area contributed by atoms with Crippen molar-refractivity contribution in [3.8, 4) is 11.5 Å². The first kappa shape index (κ1) is 18.6. The largest absolute Gasteiger partial charge is 0.493 e. The third-order valence-corrected chi connectivity index (χ3v) is 4.47. The Labute approximate surface area is 149 Å². The molecule has 0 atom stereocenters. The Hall–Kier alpha value is -1.71. The summed E-state index contributed by atoms with van der Waals surface area (Å²) in [6.45, 7) is 7.77. The maximum Gasteiger partial charge on any atom is 0.166 e. The van der Waals surface area contributed by atoms with Crippen molar-refractivity contribution in [1.29, 1.82) is 0 Å². The molecule has 2 rings (SSSR count). The first-order valence-corrected chi connectivity index (χ1v) is 8.61. The molecule has 0 spiro atoms. The molecule has 0 aliphatic carbocycles. The molecule has 3 nitrogen and oxygen atoms in total. The molecule has 0 bridgehead atoms. The van der Waals surface area contributed by atoms with Gasteiger partial charge in [0.05, 0.1) is 7.11 Å². The van der Waals surface area contributed by atoms with Crippen LogP contribution in [0.15, 0.2) is 42.5 Å². The molecular weight excluding hydrogens is 322 g/mol. The number of rotatable bonds is 8. The van der Waals surface area contributed by atoms with Crippen molar-refractivity contribution in [3.05, 3.63) is 58.6 Å². The third-order valence-electron chi connectivity index (χ3n) is 4.22. The van der Waals surface area contributed by atoms with Crippen LogP contribution in [0.5, 0.6) is 11.5 Å². The van der Waals surface area contributed by atoms with Crippen molar-refractivity contribution in [2.75, 3.05) is 7.11 Å². The number of hydrogen-bond donors (Lipinski definition) is 1. The molecule has 0 unspecified atom stereocenters. The predicted molar refractivity (Wildman–Crippen MR) is 100.0 cm³/mol. The summed E-state index contributed by atoms with van der Waals surface area (Å²) in [7, 11) is 1.66. The highest BCUT2D eigenvalue weighted by molar-refractivity contribution is 6.30. The highest BCUT2D eigenvalue weighted by Crippen LogP contribution is 2.32. The van der Waals surface area contributed by atoms with E-state index >= 15 is 0 Å². The molecular formula is C20H26ClNO2. The lowest BCUT2D eigenvalue weighted by Crippen LogP contribution is -2.37. The Morgan fingerprint density at radius 2 is 1.79 bits per heavy atom. The number of halogens is 1. The SMILES string of the molecule is CCC(C)(C)NCc1cccc(OC)c1OCc1ccc(Cl)cc1. The zero-order valence-corrected chi connectivity index (χ0v) is 15.6. The minimum absolute atomic E-state index is 0.0799. The normalized spacial score (nSPS) is 11.4. The molecule has 0 aliphatic rings. The van der Waals surface area contributed by atoms with Crippen molar-refractivity contribution in [2.45, 2.75) is 45.9 Å². The minimum atomic E-state index is 0.0799. The van der Waals surface area contributed by atoms with Crippen molar-refractivity contribution >= 4 is 11.6 Å². The molecule has 0 radical (unpaired) electrons. The fourth-order valence-electron chi connectivity index (χ4n) is 2.22. The van der Waals surface area contributed by atoms with Gasteiger partial charge in [0.15, 0.2) is 11.5 Å². The van der Waals surface area contributed by atoms with Gasteiger partial charge in [-0.3, -0.25) is 0 Å². The fraction of sp³-hybridized carbons (Fsp3) is 0.400. The zero-order valence-electron chi connectivity index (χ0n) is 14.9. The molecule has 130 valence electrons. The summed E-state index contributed by atoms with van der Waals surface area (Å²) < 4.78 is 11.6. The van der Waals surface area contributed by atoms with Gasteiger partial charge in [-0.15, -0.1) is 0 Å². The van der Waals surface area contributed by atoms with E-state index in [1.165, 1.54) is 0 Å². The van der Waals surface area contributed by atoms with Crippen LogP contribution in [0.2, 0.25) is 5.02 Å². The molecule has 0 saturated heterocycles. The minimum Gasteiger partial charge on any atom is -0.493 e. The highest BCUT2D eigenvalue weighted by atomic mass is 35.5. The van der Waals surface area contributed by atoms with E-state index in [2.05, 4.69) is 32.2 Å². The lowest BCUT2D eigenvalue weighted by atomic mass is 10.0. The van der Waals surface area contributed by atoms with Gasteiger partial charge in [-0.1, -0.05) is 42.8 Å². The lowest BCUT2D eigenvalue weighted by Gasteiger charge is -2.25. The molecule has 0 saturated carbocycles. The van der Waals surface area contributed by atoms with E-state index in [9.17, 15) is 0 Å². The van der Waals surface area contributed by atoms with Crippen LogP contribution in [0.1, 0.15) is 38.3 Å². The van der Waals surface area contributed by atoms with Crippen molar-refractivity contribution in [1.82, 2.24) is 5.32 Å². The number of methoxy groups -OCH3 is 1. The predicted octanol–water partition coefficient (Wildman–Crippen LogP) is 5.21. The van der Waals surface area contributed by atoms with Gasteiger partial charge in [-0.25, -0.2) is 0 Å². The molecule has 0 fully saturated rings. The Morgan fingerprint density at radius 1 is 1.08 bits per heavy atom. The van der Waals surface area contributed by atoms with Gasteiger partial charge in [-0.2, -0.15) is 0 Å². The Morgan fingerprint density at radius 3 is 2.42 bits per heavy atom. The second-order valence-electron chi connectivity index (χ2n) is 6.45. The summed E-state index contributed by atoms with van der Waals surface area (Å²) in [6.07, 6.45) is 1.05. The van der Waals surface area contributed by atoms with Gasteiger partial charge < -0.3 is 14.8 Å². The molecule has 2 aromatic carbocycles. The van der Waals surface area contributed by atoms with Gasteiger partial charge in [0.2, 0.25) is 0 Å². The van der Waals surface area contributed by atoms with Crippen LogP contribution in [0.3, 0.4) is 0 Å². The first-order chi connectivity index (χ1) is 11.4. The number of benzene rings is 2. The summed E-state index contributed by atoms with van der Waals surface area (Å²) in [5, 5.41) is 4.29. The van der Waals surface area contributed by atoms with Gasteiger partial charge in [-0.05, 0) is 44.0 Å². The maximum absolute atomic E-state index is 6.08. The van der Waals surface area contributed by atoms with Crippen LogP contribution < -0.4 is 14.8 Å². The number of para-hydroxylation sites is 1. The summed E-state index contributed by atoms with van der Waals surface area (Å²) in [4.78, 5) is 0. The second kappa shape index (κ2) is 8.41. The van der Waals surface area contributed by atoms with Crippen molar-refractivity contribution < 1.29 is 9.47 Å². The van der Waals surface area contributed by atoms with Gasteiger partial charge in [0, 0.05) is 22.7 Å². The quantitative estimate of drug-likeness (QED) is 0.711. The van der Waals surface area contributed by atoms with Crippen LogP contribution in [0, 0.1) is 0 Å². The number of nitrogens with one attached hydrogen (secondary N) is 1. The van der Waals surface area contributed by atoms with Crippen LogP contribution in [-0.2, 0) is 13.2 Å². The van der Waals surface area contributed by atoms with Crippen LogP contribution >= 0.6 is 11.6 Å². The molecule has 0 aliphatic heterocycles. The molecule has 0 amide bonds. The van der Waals surface area contributed by atoms with E-state index in [1.807, 2.05) is 36.4 Å².